The van der Waals surface area contributed by atoms with Gasteiger partial charge in [-0.2, -0.15) is 0 Å². The van der Waals surface area contributed by atoms with E-state index >= 15 is 0 Å². The van der Waals surface area contributed by atoms with E-state index in [1.807, 2.05) is 4.90 Å². The van der Waals surface area contributed by atoms with E-state index in [4.69, 9.17) is 5.73 Å². The monoisotopic (exact) mass is 162 g/mol. The molecule has 2 aliphatic rings. The highest BCUT2D eigenvalue weighted by molar-refractivity contribution is 5.08. The average molecular weight is 162 g/mol. The number of nitrogens with two attached hydrogens (primary N) is 1. The van der Waals surface area contributed by atoms with Gasteiger partial charge in [0.1, 0.15) is 0 Å². The van der Waals surface area contributed by atoms with Crippen LogP contribution in [0.1, 0.15) is 12.8 Å². The molecule has 2 unspecified atom stereocenters. The summed E-state index contributed by atoms with van der Waals surface area (Å²) in [6, 6.07) is 0. The smallest absolute Gasteiger partial charge is 0.268 e. The maximum Gasteiger partial charge on any atom is 0.268 e. The number of alkyl halides is 2. The lowest BCUT2D eigenvalue weighted by atomic mass is 9.88. The van der Waals surface area contributed by atoms with E-state index in [0.29, 0.717) is 19.5 Å². The first-order valence-electron chi connectivity index (χ1n) is 3.93. The summed E-state index contributed by atoms with van der Waals surface area (Å²) in [5.74, 6) is -2.64. The van der Waals surface area contributed by atoms with Gasteiger partial charge in [-0.05, 0) is 6.42 Å². The molecule has 64 valence electrons. The van der Waals surface area contributed by atoms with Gasteiger partial charge in [-0.1, -0.05) is 0 Å². The van der Waals surface area contributed by atoms with Gasteiger partial charge in [0.25, 0.3) is 5.92 Å². The summed E-state index contributed by atoms with van der Waals surface area (Å²) in [5, 5.41) is 0. The van der Waals surface area contributed by atoms with Gasteiger partial charge in [-0.15, -0.1) is 0 Å². The van der Waals surface area contributed by atoms with E-state index in [9.17, 15) is 8.78 Å². The van der Waals surface area contributed by atoms with Crippen LogP contribution in [0.15, 0.2) is 0 Å². The zero-order valence-corrected chi connectivity index (χ0v) is 6.32. The minimum absolute atomic E-state index is 0.0660. The molecule has 2 rings (SSSR count). The Morgan fingerprint density at radius 3 is 2.45 bits per heavy atom. The Bertz CT molecular complexity index is 183. The highest BCUT2D eigenvalue weighted by Crippen LogP contribution is 2.41. The van der Waals surface area contributed by atoms with Gasteiger partial charge >= 0.3 is 0 Å². The second kappa shape index (κ2) is 1.93. The fourth-order valence-corrected chi connectivity index (χ4v) is 1.95. The van der Waals surface area contributed by atoms with Crippen LogP contribution in [0.2, 0.25) is 0 Å². The first kappa shape index (κ1) is 7.43. The largest absolute Gasteiger partial charge is 0.319 e. The third-order valence-electron chi connectivity index (χ3n) is 2.85. The van der Waals surface area contributed by atoms with Crippen LogP contribution in [0.4, 0.5) is 8.78 Å². The molecule has 0 aromatic carbocycles. The molecule has 0 amide bonds. The molecule has 0 aromatic rings. The Morgan fingerprint density at radius 1 is 1.18 bits per heavy atom. The van der Waals surface area contributed by atoms with Gasteiger partial charge in [-0.25, -0.2) is 8.78 Å². The van der Waals surface area contributed by atoms with Crippen LogP contribution in [0.25, 0.3) is 0 Å². The fourth-order valence-electron chi connectivity index (χ4n) is 1.95. The number of halogens is 2. The van der Waals surface area contributed by atoms with Gasteiger partial charge < -0.3 is 10.6 Å². The number of piperidine rings is 1. The zero-order chi connectivity index (χ0) is 8.11. The first-order chi connectivity index (χ1) is 5.04. The van der Waals surface area contributed by atoms with Crippen molar-refractivity contribution in [1.82, 2.24) is 4.90 Å². The number of hydrogen-bond donors (Lipinski definition) is 1. The summed E-state index contributed by atoms with van der Waals surface area (Å²) in [5.41, 5.74) is 4.37. The molecule has 11 heavy (non-hydrogen) atoms. The molecule has 2 fully saturated rings. The molecule has 2 bridgehead atoms. The third kappa shape index (κ3) is 0.891. The normalized spacial score (nSPS) is 47.7. The van der Waals surface area contributed by atoms with Gasteiger partial charge in [0.05, 0.1) is 5.54 Å². The molecule has 2 heterocycles. The van der Waals surface area contributed by atoms with E-state index in [-0.39, 0.29) is 6.42 Å². The topological polar surface area (TPSA) is 29.3 Å². The van der Waals surface area contributed by atoms with Crippen molar-refractivity contribution in [3.8, 4) is 0 Å². The van der Waals surface area contributed by atoms with E-state index < -0.39 is 11.5 Å². The molecule has 0 radical (unpaired) electrons. The van der Waals surface area contributed by atoms with Gasteiger partial charge in [0.15, 0.2) is 0 Å². The standard InChI is InChI=1S/C7H12F2N2/c8-7(9)2-4-11-3-1-6(7,10)5-11/h1-5,10H2. The molecule has 2 nitrogen and oxygen atoms in total. The SMILES string of the molecule is NC12CCN(CCC1(F)F)C2. The first-order valence-corrected chi connectivity index (χ1v) is 3.93. The number of hydrogen-bond acceptors (Lipinski definition) is 2. The molecule has 2 atom stereocenters. The Kier molecular flexibility index (Phi) is 1.30. The van der Waals surface area contributed by atoms with Crippen molar-refractivity contribution in [2.75, 3.05) is 19.6 Å². The molecule has 2 aliphatic heterocycles. The lowest BCUT2D eigenvalue weighted by Crippen LogP contribution is -2.60. The predicted octanol–water partition coefficient (Wildman–Crippen LogP) is 0.429. The second-order valence-corrected chi connectivity index (χ2v) is 3.64. The Balaban J connectivity index is 2.27. The molecule has 0 saturated carbocycles. The molecular weight excluding hydrogens is 150 g/mol. The van der Waals surface area contributed by atoms with E-state index in [1.54, 1.807) is 0 Å². The van der Waals surface area contributed by atoms with Crippen LogP contribution >= 0.6 is 0 Å². The third-order valence-corrected chi connectivity index (χ3v) is 2.85. The van der Waals surface area contributed by atoms with Crippen LogP contribution < -0.4 is 5.73 Å². The average Bonchev–Trinajstić information content (AvgIpc) is 2.25. The summed E-state index contributed by atoms with van der Waals surface area (Å²) in [6.45, 7) is 1.62. The summed E-state index contributed by atoms with van der Waals surface area (Å²) >= 11 is 0. The van der Waals surface area contributed by atoms with Gasteiger partial charge in [0.2, 0.25) is 0 Å². The lowest BCUT2D eigenvalue weighted by molar-refractivity contribution is -0.0957. The quantitative estimate of drug-likeness (QED) is 0.559. The van der Waals surface area contributed by atoms with Crippen molar-refractivity contribution in [2.45, 2.75) is 24.3 Å². The molecule has 2 N–H and O–H groups in total. The minimum Gasteiger partial charge on any atom is -0.319 e. The van der Waals surface area contributed by atoms with Crippen LogP contribution in [0.5, 0.6) is 0 Å². The minimum atomic E-state index is -2.64. The maximum atomic E-state index is 13.1. The highest BCUT2D eigenvalue weighted by atomic mass is 19.3. The second-order valence-electron chi connectivity index (χ2n) is 3.64. The van der Waals surface area contributed by atoms with Gasteiger partial charge in [0, 0.05) is 26.1 Å². The summed E-state index contributed by atoms with van der Waals surface area (Å²) < 4.78 is 26.3. The molecule has 0 aromatic heterocycles. The van der Waals surface area contributed by atoms with E-state index in [1.165, 1.54) is 0 Å². The van der Waals surface area contributed by atoms with Crippen molar-refractivity contribution in [3.05, 3.63) is 0 Å². The molecular formula is C7H12F2N2. The molecule has 2 saturated heterocycles. The summed E-state index contributed by atoms with van der Waals surface area (Å²) in [6.07, 6.45) is 0.378. The van der Waals surface area contributed by atoms with Crippen molar-refractivity contribution < 1.29 is 8.78 Å². The number of nitrogens with zero attached hydrogens (tertiary/aromatic N) is 1. The van der Waals surface area contributed by atoms with Crippen molar-refractivity contribution in [2.24, 2.45) is 5.73 Å². The Hall–Kier alpha value is -0.220. The van der Waals surface area contributed by atoms with Crippen LogP contribution in [-0.2, 0) is 0 Å². The Morgan fingerprint density at radius 2 is 1.82 bits per heavy atom. The maximum absolute atomic E-state index is 13.1. The van der Waals surface area contributed by atoms with Crippen molar-refractivity contribution in [3.63, 3.8) is 0 Å². The lowest BCUT2D eigenvalue weighted by Gasteiger charge is -2.38. The van der Waals surface area contributed by atoms with Crippen molar-refractivity contribution >= 4 is 0 Å². The van der Waals surface area contributed by atoms with Crippen molar-refractivity contribution in [1.29, 1.82) is 0 Å². The van der Waals surface area contributed by atoms with Crippen LogP contribution in [-0.4, -0.2) is 36.0 Å². The Labute approximate surface area is 64.3 Å². The van der Waals surface area contributed by atoms with Crippen LogP contribution in [0.3, 0.4) is 0 Å². The van der Waals surface area contributed by atoms with Crippen LogP contribution in [0, 0.1) is 0 Å². The summed E-state index contributed by atoms with van der Waals surface area (Å²) in [7, 11) is 0. The zero-order valence-electron chi connectivity index (χ0n) is 6.32. The van der Waals surface area contributed by atoms with E-state index in [0.717, 1.165) is 6.54 Å². The van der Waals surface area contributed by atoms with Gasteiger partial charge in [-0.3, -0.25) is 0 Å². The predicted molar refractivity (Wildman–Crippen MR) is 37.5 cm³/mol. The summed E-state index contributed by atoms with van der Waals surface area (Å²) in [4.78, 5) is 2.01. The molecule has 0 aliphatic carbocycles. The fraction of sp³-hybridized carbons (Fsp3) is 1.00. The molecule has 0 spiro atoms. The molecule has 4 heteroatoms. The van der Waals surface area contributed by atoms with E-state index in [2.05, 4.69) is 0 Å². The number of rotatable bonds is 0. The number of fused-ring (bicyclic) bond motifs is 2. The highest BCUT2D eigenvalue weighted by Gasteiger charge is 2.57.